The second-order valence-electron chi connectivity index (χ2n) is 4.27. The minimum Gasteiger partial charge on any atom is -0.397 e. The number of para-hydroxylation sites is 2. The number of carbonyl (C=O) groups is 1. The van der Waals surface area contributed by atoms with Crippen LogP contribution in [0, 0.1) is 0 Å². The van der Waals surface area contributed by atoms with Crippen molar-refractivity contribution in [2.24, 2.45) is 0 Å². The van der Waals surface area contributed by atoms with Crippen molar-refractivity contribution in [3.8, 4) is 0 Å². The molecule has 1 amide bonds. The van der Waals surface area contributed by atoms with Crippen molar-refractivity contribution in [3.63, 3.8) is 0 Å². The van der Waals surface area contributed by atoms with Crippen molar-refractivity contribution in [2.75, 3.05) is 18.1 Å². The largest absolute Gasteiger partial charge is 0.397 e. The number of nitrogens with one attached hydrogen (secondary N) is 2. The third kappa shape index (κ3) is 3.33. The van der Waals surface area contributed by atoms with Crippen LogP contribution in [0.25, 0.3) is 0 Å². The molecule has 19 heavy (non-hydrogen) atoms. The second-order valence-corrected chi connectivity index (χ2v) is 4.27. The third-order valence-corrected chi connectivity index (χ3v) is 2.81. The first-order chi connectivity index (χ1) is 9.20. The van der Waals surface area contributed by atoms with Crippen LogP contribution in [0.4, 0.5) is 11.4 Å². The highest BCUT2D eigenvalue weighted by Gasteiger charge is 2.07. The molecule has 2 aromatic carbocycles. The van der Waals surface area contributed by atoms with Gasteiger partial charge in [0.15, 0.2) is 0 Å². The van der Waals surface area contributed by atoms with E-state index in [4.69, 9.17) is 5.73 Å². The summed E-state index contributed by atoms with van der Waals surface area (Å²) in [5.74, 6) is -0.158. The molecular formula is C15H17N3O. The van der Waals surface area contributed by atoms with Crippen LogP contribution in [-0.4, -0.2) is 13.0 Å². The molecule has 0 aliphatic heterocycles. The Balaban J connectivity index is 2.10. The van der Waals surface area contributed by atoms with E-state index in [0.29, 0.717) is 16.9 Å². The predicted octanol–water partition coefficient (Wildman–Crippen LogP) is 2.24. The summed E-state index contributed by atoms with van der Waals surface area (Å²) < 4.78 is 0. The average Bonchev–Trinajstić information content (AvgIpc) is 2.42. The van der Waals surface area contributed by atoms with Crippen LogP contribution in [0.2, 0.25) is 0 Å². The van der Waals surface area contributed by atoms with Crippen LogP contribution < -0.4 is 16.4 Å². The monoisotopic (exact) mass is 255 g/mol. The number of hydrogen-bond acceptors (Lipinski definition) is 3. The van der Waals surface area contributed by atoms with E-state index in [-0.39, 0.29) is 5.91 Å². The lowest BCUT2D eigenvalue weighted by atomic mass is 10.1. The standard InChI is InChI=1S/C15H17N3O/c1-17-10-11-6-8-12(9-7-11)15(19)18-14-5-3-2-4-13(14)16/h2-9,17H,10,16H2,1H3,(H,18,19). The second kappa shape index (κ2) is 6.02. The first kappa shape index (κ1) is 13.1. The third-order valence-electron chi connectivity index (χ3n) is 2.81. The van der Waals surface area contributed by atoms with Crippen LogP contribution in [0.15, 0.2) is 48.5 Å². The molecule has 2 aromatic rings. The van der Waals surface area contributed by atoms with Crippen molar-refractivity contribution < 1.29 is 4.79 Å². The van der Waals surface area contributed by atoms with E-state index in [0.717, 1.165) is 12.1 Å². The van der Waals surface area contributed by atoms with Crippen molar-refractivity contribution in [1.29, 1.82) is 0 Å². The minimum atomic E-state index is -0.158. The highest BCUT2D eigenvalue weighted by Crippen LogP contribution is 2.17. The molecule has 0 saturated heterocycles. The number of nitrogen functional groups attached to an aromatic ring is 1. The highest BCUT2D eigenvalue weighted by atomic mass is 16.1. The lowest BCUT2D eigenvalue weighted by molar-refractivity contribution is 0.102. The number of benzene rings is 2. The Morgan fingerprint density at radius 3 is 2.42 bits per heavy atom. The van der Waals surface area contributed by atoms with Crippen LogP contribution in [0.3, 0.4) is 0 Å². The number of carbonyl (C=O) groups excluding carboxylic acids is 1. The van der Waals surface area contributed by atoms with Gasteiger partial charge in [0, 0.05) is 12.1 Å². The fraction of sp³-hybridized carbons (Fsp3) is 0.133. The highest BCUT2D eigenvalue weighted by molar-refractivity contribution is 6.05. The maximum Gasteiger partial charge on any atom is 0.255 e. The molecule has 0 aliphatic rings. The Morgan fingerprint density at radius 1 is 1.11 bits per heavy atom. The molecule has 0 aliphatic carbocycles. The molecule has 0 heterocycles. The van der Waals surface area contributed by atoms with Gasteiger partial charge in [-0.1, -0.05) is 24.3 Å². The zero-order valence-corrected chi connectivity index (χ0v) is 10.8. The van der Waals surface area contributed by atoms with Gasteiger partial charge in [-0.05, 0) is 36.9 Å². The smallest absolute Gasteiger partial charge is 0.255 e. The fourth-order valence-electron chi connectivity index (χ4n) is 1.78. The van der Waals surface area contributed by atoms with Gasteiger partial charge in [-0.3, -0.25) is 4.79 Å². The molecule has 4 nitrogen and oxygen atoms in total. The summed E-state index contributed by atoms with van der Waals surface area (Å²) in [6, 6.07) is 14.7. The topological polar surface area (TPSA) is 67.2 Å². The van der Waals surface area contributed by atoms with E-state index >= 15 is 0 Å². The zero-order valence-electron chi connectivity index (χ0n) is 10.8. The summed E-state index contributed by atoms with van der Waals surface area (Å²) in [7, 11) is 1.89. The first-order valence-electron chi connectivity index (χ1n) is 6.10. The Hall–Kier alpha value is -2.33. The van der Waals surface area contributed by atoms with Gasteiger partial charge >= 0.3 is 0 Å². The maximum absolute atomic E-state index is 12.1. The summed E-state index contributed by atoms with van der Waals surface area (Å²) in [6.45, 7) is 0.785. The number of anilines is 2. The van der Waals surface area contributed by atoms with E-state index in [1.165, 1.54) is 0 Å². The molecule has 0 atom stereocenters. The molecule has 0 fully saturated rings. The molecule has 0 unspecified atom stereocenters. The Morgan fingerprint density at radius 2 is 1.79 bits per heavy atom. The normalized spacial score (nSPS) is 10.2. The van der Waals surface area contributed by atoms with Crippen LogP contribution in [0.5, 0.6) is 0 Å². The molecule has 4 N–H and O–H groups in total. The molecule has 0 spiro atoms. The molecule has 0 bridgehead atoms. The van der Waals surface area contributed by atoms with E-state index in [9.17, 15) is 4.79 Å². The van der Waals surface area contributed by atoms with Gasteiger partial charge in [0.2, 0.25) is 0 Å². The van der Waals surface area contributed by atoms with E-state index in [2.05, 4.69) is 10.6 Å². The van der Waals surface area contributed by atoms with Crippen LogP contribution in [0.1, 0.15) is 15.9 Å². The number of nitrogens with two attached hydrogens (primary N) is 1. The van der Waals surface area contributed by atoms with E-state index in [1.54, 1.807) is 24.3 Å². The molecule has 2 rings (SSSR count). The van der Waals surface area contributed by atoms with Gasteiger partial charge in [0.25, 0.3) is 5.91 Å². The van der Waals surface area contributed by atoms with Crippen molar-refractivity contribution in [1.82, 2.24) is 5.32 Å². The molecule has 0 radical (unpaired) electrons. The van der Waals surface area contributed by atoms with Gasteiger partial charge < -0.3 is 16.4 Å². The summed E-state index contributed by atoms with van der Waals surface area (Å²) >= 11 is 0. The van der Waals surface area contributed by atoms with Crippen LogP contribution >= 0.6 is 0 Å². The number of rotatable bonds is 4. The Bertz CT molecular complexity index is 564. The number of hydrogen-bond donors (Lipinski definition) is 3. The summed E-state index contributed by atoms with van der Waals surface area (Å²) in [5.41, 5.74) is 8.73. The molecule has 4 heteroatoms. The quantitative estimate of drug-likeness (QED) is 0.734. The SMILES string of the molecule is CNCc1ccc(C(=O)Nc2ccccc2N)cc1. The van der Waals surface area contributed by atoms with E-state index < -0.39 is 0 Å². The van der Waals surface area contributed by atoms with Gasteiger partial charge in [-0.2, -0.15) is 0 Å². The molecule has 0 saturated carbocycles. The van der Waals surface area contributed by atoms with Gasteiger partial charge in [0.05, 0.1) is 11.4 Å². The van der Waals surface area contributed by atoms with Crippen molar-refractivity contribution in [2.45, 2.75) is 6.54 Å². The Labute approximate surface area is 112 Å². The van der Waals surface area contributed by atoms with Gasteiger partial charge in [-0.15, -0.1) is 0 Å². The fourth-order valence-corrected chi connectivity index (χ4v) is 1.78. The summed E-state index contributed by atoms with van der Waals surface area (Å²) in [5, 5.41) is 5.86. The van der Waals surface area contributed by atoms with Gasteiger partial charge in [0.1, 0.15) is 0 Å². The lowest BCUT2D eigenvalue weighted by Crippen LogP contribution is -2.13. The molecular weight excluding hydrogens is 238 g/mol. The van der Waals surface area contributed by atoms with Crippen molar-refractivity contribution >= 4 is 17.3 Å². The van der Waals surface area contributed by atoms with Gasteiger partial charge in [-0.25, -0.2) is 0 Å². The van der Waals surface area contributed by atoms with E-state index in [1.807, 2.05) is 31.3 Å². The first-order valence-corrected chi connectivity index (χ1v) is 6.10. The average molecular weight is 255 g/mol. The Kier molecular flexibility index (Phi) is 4.15. The summed E-state index contributed by atoms with van der Waals surface area (Å²) in [4.78, 5) is 12.1. The number of amides is 1. The lowest BCUT2D eigenvalue weighted by Gasteiger charge is -2.08. The molecule has 0 aromatic heterocycles. The predicted molar refractivity (Wildman–Crippen MR) is 78.0 cm³/mol. The van der Waals surface area contributed by atoms with Crippen LogP contribution in [-0.2, 0) is 6.54 Å². The molecule has 98 valence electrons. The summed E-state index contributed by atoms with van der Waals surface area (Å²) in [6.07, 6.45) is 0. The zero-order chi connectivity index (χ0) is 13.7. The maximum atomic E-state index is 12.1. The minimum absolute atomic E-state index is 0.158. The van der Waals surface area contributed by atoms with Crippen molar-refractivity contribution in [3.05, 3.63) is 59.7 Å².